The van der Waals surface area contributed by atoms with E-state index in [2.05, 4.69) is 10.3 Å². The van der Waals surface area contributed by atoms with Crippen LogP contribution < -0.4 is 9.62 Å². The summed E-state index contributed by atoms with van der Waals surface area (Å²) in [6.07, 6.45) is 3.90. The topological polar surface area (TPSA) is 82.3 Å². The molecule has 0 radical (unpaired) electrons. The molecule has 27 heavy (non-hydrogen) atoms. The van der Waals surface area contributed by atoms with Crippen LogP contribution in [-0.4, -0.2) is 32.1 Å². The van der Waals surface area contributed by atoms with Gasteiger partial charge in [-0.3, -0.25) is 9.10 Å². The zero-order valence-electron chi connectivity index (χ0n) is 15.0. The summed E-state index contributed by atoms with van der Waals surface area (Å²) in [5.74, 6) is -0.0765. The zero-order valence-corrected chi connectivity index (χ0v) is 15.8. The summed E-state index contributed by atoms with van der Waals surface area (Å²) in [6, 6.07) is 15.0. The van der Waals surface area contributed by atoms with Crippen LogP contribution in [0, 0.1) is 0 Å². The Kier molecular flexibility index (Phi) is 4.39. The molecule has 140 valence electrons. The Morgan fingerprint density at radius 1 is 1.19 bits per heavy atom. The fourth-order valence-corrected chi connectivity index (χ4v) is 4.68. The minimum Gasteiger partial charge on any atom is -0.361 e. The van der Waals surface area contributed by atoms with Crippen LogP contribution >= 0.6 is 0 Å². The number of nitrogens with one attached hydrogen (secondary N) is 2. The van der Waals surface area contributed by atoms with Gasteiger partial charge in [-0.25, -0.2) is 8.42 Å². The molecule has 7 heteroatoms. The summed E-state index contributed by atoms with van der Waals surface area (Å²) in [7, 11) is -3.34. The normalized spacial score (nSPS) is 16.9. The number of carbonyl (C=O) groups is 1. The van der Waals surface area contributed by atoms with Crippen molar-refractivity contribution < 1.29 is 13.2 Å². The van der Waals surface area contributed by atoms with Crippen molar-refractivity contribution in [2.24, 2.45) is 0 Å². The first-order valence-corrected chi connectivity index (χ1v) is 10.7. The van der Waals surface area contributed by atoms with Crippen LogP contribution in [0.25, 0.3) is 10.9 Å². The second-order valence-electron chi connectivity index (χ2n) is 6.84. The molecule has 3 aromatic rings. The van der Waals surface area contributed by atoms with Crippen LogP contribution in [0.1, 0.15) is 23.6 Å². The van der Waals surface area contributed by atoms with Crippen molar-refractivity contribution in [2.45, 2.75) is 18.9 Å². The summed E-state index contributed by atoms with van der Waals surface area (Å²) in [4.78, 5) is 15.8. The molecule has 2 N–H and O–H groups in total. The fraction of sp³-hybridized carbons (Fsp3) is 0.250. The number of anilines is 1. The van der Waals surface area contributed by atoms with Crippen molar-refractivity contribution in [1.82, 2.24) is 10.3 Å². The number of aromatic amines is 1. The number of H-pyrrole nitrogens is 1. The number of para-hydroxylation sites is 2. The minimum absolute atomic E-state index is 0.0765. The molecule has 0 saturated heterocycles. The molecular formula is C20H21N3O3S. The summed E-state index contributed by atoms with van der Waals surface area (Å²) in [5.41, 5.74) is 3.43. The van der Waals surface area contributed by atoms with Gasteiger partial charge in [0.05, 0.1) is 24.4 Å². The molecule has 0 fully saturated rings. The van der Waals surface area contributed by atoms with Gasteiger partial charge in [-0.15, -0.1) is 0 Å². The van der Waals surface area contributed by atoms with Crippen LogP contribution in [0.15, 0.2) is 54.7 Å². The highest BCUT2D eigenvalue weighted by molar-refractivity contribution is 7.92. The van der Waals surface area contributed by atoms with E-state index in [0.717, 1.165) is 22.0 Å². The smallest absolute Gasteiger partial charge is 0.232 e. The van der Waals surface area contributed by atoms with Gasteiger partial charge in [-0.1, -0.05) is 36.4 Å². The molecule has 0 aliphatic carbocycles. The molecule has 0 spiro atoms. The number of rotatable bonds is 4. The molecule has 1 atom stereocenters. The van der Waals surface area contributed by atoms with Crippen molar-refractivity contribution in [1.29, 1.82) is 0 Å². The summed E-state index contributed by atoms with van der Waals surface area (Å²) in [5, 5.41) is 4.12. The Balaban J connectivity index is 1.55. The first kappa shape index (κ1) is 17.6. The van der Waals surface area contributed by atoms with E-state index < -0.39 is 10.0 Å². The number of aromatic nitrogens is 1. The van der Waals surface area contributed by atoms with Crippen LogP contribution in [0.2, 0.25) is 0 Å². The molecule has 4 rings (SSSR count). The Morgan fingerprint density at radius 2 is 1.93 bits per heavy atom. The number of amides is 1. The predicted octanol–water partition coefficient (Wildman–Crippen LogP) is 2.74. The molecule has 1 aliphatic heterocycles. The number of fused-ring (bicyclic) bond motifs is 2. The molecular weight excluding hydrogens is 362 g/mol. The molecule has 6 nitrogen and oxygen atoms in total. The average Bonchev–Trinajstić information content (AvgIpc) is 3.04. The number of hydrogen-bond acceptors (Lipinski definition) is 3. The number of nitrogens with zero attached hydrogens (tertiary/aromatic N) is 1. The first-order valence-electron chi connectivity index (χ1n) is 8.84. The minimum atomic E-state index is -3.34. The van der Waals surface area contributed by atoms with Gasteiger partial charge < -0.3 is 10.3 Å². The third-order valence-corrected chi connectivity index (χ3v) is 6.14. The van der Waals surface area contributed by atoms with Gasteiger partial charge in [0, 0.05) is 23.6 Å². The third-order valence-electron chi connectivity index (χ3n) is 4.96. The monoisotopic (exact) mass is 383 g/mol. The molecule has 1 aromatic heterocycles. The lowest BCUT2D eigenvalue weighted by Crippen LogP contribution is -2.40. The summed E-state index contributed by atoms with van der Waals surface area (Å²) in [6.45, 7) is 0.355. The molecule has 1 unspecified atom stereocenters. The first-order chi connectivity index (χ1) is 12.9. The van der Waals surface area contributed by atoms with E-state index in [4.69, 9.17) is 0 Å². The number of hydrogen-bond donors (Lipinski definition) is 2. The SMILES string of the molecule is CS(=O)(=O)N1CCC(NC(=O)Cc2c[nH]c3ccccc23)c2ccccc21. The van der Waals surface area contributed by atoms with E-state index in [1.165, 1.54) is 10.6 Å². The molecule has 2 heterocycles. The van der Waals surface area contributed by atoms with E-state index in [-0.39, 0.29) is 18.4 Å². The highest BCUT2D eigenvalue weighted by Crippen LogP contribution is 2.35. The lowest BCUT2D eigenvalue weighted by molar-refractivity contribution is -0.121. The lowest BCUT2D eigenvalue weighted by Gasteiger charge is -2.34. The van der Waals surface area contributed by atoms with Gasteiger partial charge in [-0.05, 0) is 29.7 Å². The van der Waals surface area contributed by atoms with E-state index in [0.29, 0.717) is 18.7 Å². The highest BCUT2D eigenvalue weighted by atomic mass is 32.2. The van der Waals surface area contributed by atoms with Crippen molar-refractivity contribution in [3.05, 3.63) is 65.9 Å². The van der Waals surface area contributed by atoms with Gasteiger partial charge >= 0.3 is 0 Å². The fourth-order valence-electron chi connectivity index (χ4n) is 3.72. The molecule has 1 amide bonds. The van der Waals surface area contributed by atoms with E-state index in [1.807, 2.05) is 48.7 Å². The second kappa shape index (κ2) is 6.74. The van der Waals surface area contributed by atoms with Gasteiger partial charge in [0.25, 0.3) is 0 Å². The van der Waals surface area contributed by atoms with Crippen molar-refractivity contribution >= 4 is 32.5 Å². The maximum absolute atomic E-state index is 12.7. The van der Waals surface area contributed by atoms with Gasteiger partial charge in [0.2, 0.25) is 15.9 Å². The molecule has 2 aromatic carbocycles. The van der Waals surface area contributed by atoms with E-state index >= 15 is 0 Å². The van der Waals surface area contributed by atoms with Crippen molar-refractivity contribution in [2.75, 3.05) is 17.1 Å². The van der Waals surface area contributed by atoms with Gasteiger partial charge in [-0.2, -0.15) is 0 Å². The third kappa shape index (κ3) is 3.42. The maximum Gasteiger partial charge on any atom is 0.232 e. The Bertz CT molecular complexity index is 1100. The number of carbonyl (C=O) groups excluding carboxylic acids is 1. The Labute approximate surface area is 158 Å². The van der Waals surface area contributed by atoms with Crippen molar-refractivity contribution in [3.63, 3.8) is 0 Å². The van der Waals surface area contributed by atoms with Crippen molar-refractivity contribution in [3.8, 4) is 0 Å². The van der Waals surface area contributed by atoms with E-state index in [1.54, 1.807) is 6.07 Å². The quantitative estimate of drug-likeness (QED) is 0.727. The maximum atomic E-state index is 12.7. The summed E-state index contributed by atoms with van der Waals surface area (Å²) >= 11 is 0. The lowest BCUT2D eigenvalue weighted by atomic mass is 9.97. The largest absolute Gasteiger partial charge is 0.361 e. The van der Waals surface area contributed by atoms with Crippen LogP contribution in [0.4, 0.5) is 5.69 Å². The standard InChI is InChI=1S/C20H21N3O3S/c1-27(25,26)23-11-10-18(16-7-3-5-9-19(16)23)22-20(24)12-14-13-21-17-8-4-2-6-15(14)17/h2-9,13,18,21H,10-12H2,1H3,(H,22,24). The zero-order chi connectivity index (χ0) is 19.0. The Morgan fingerprint density at radius 3 is 2.74 bits per heavy atom. The van der Waals surface area contributed by atoms with Gasteiger partial charge in [0.1, 0.15) is 0 Å². The van der Waals surface area contributed by atoms with Crippen LogP contribution in [0.5, 0.6) is 0 Å². The van der Waals surface area contributed by atoms with E-state index in [9.17, 15) is 13.2 Å². The Hall–Kier alpha value is -2.80. The number of benzene rings is 2. The number of sulfonamides is 1. The predicted molar refractivity (Wildman–Crippen MR) is 106 cm³/mol. The second-order valence-corrected chi connectivity index (χ2v) is 8.75. The molecule has 0 bridgehead atoms. The highest BCUT2D eigenvalue weighted by Gasteiger charge is 2.30. The van der Waals surface area contributed by atoms with Crippen LogP contribution in [0.3, 0.4) is 0 Å². The molecule has 1 aliphatic rings. The van der Waals surface area contributed by atoms with Crippen LogP contribution in [-0.2, 0) is 21.2 Å². The average molecular weight is 383 g/mol. The summed E-state index contributed by atoms with van der Waals surface area (Å²) < 4.78 is 25.5. The van der Waals surface area contributed by atoms with Gasteiger partial charge in [0.15, 0.2) is 0 Å². The molecule has 0 saturated carbocycles.